The number of fused-ring (bicyclic) bond motifs is 3. The van der Waals surface area contributed by atoms with Crippen LogP contribution in [0.15, 0.2) is 12.1 Å². The highest BCUT2D eigenvalue weighted by Crippen LogP contribution is 2.41. The van der Waals surface area contributed by atoms with Gasteiger partial charge >= 0.3 is 6.09 Å². The van der Waals surface area contributed by atoms with Gasteiger partial charge in [0.2, 0.25) is 0 Å². The summed E-state index contributed by atoms with van der Waals surface area (Å²) in [7, 11) is 0. The second-order valence-corrected chi connectivity index (χ2v) is 4.90. The minimum Gasteiger partial charge on any atom is -0.465 e. The lowest BCUT2D eigenvalue weighted by Crippen LogP contribution is -2.28. The van der Waals surface area contributed by atoms with Gasteiger partial charge in [-0.25, -0.2) is 4.79 Å². The van der Waals surface area contributed by atoms with Gasteiger partial charge in [-0.1, -0.05) is 12.1 Å². The van der Waals surface area contributed by atoms with Crippen LogP contribution in [0, 0.1) is 11.3 Å². The molecule has 18 heavy (non-hydrogen) atoms. The van der Waals surface area contributed by atoms with Crippen molar-refractivity contribution < 1.29 is 9.90 Å². The third kappa shape index (κ3) is 1.47. The molecular formula is C14H14N2O2. The minimum absolute atomic E-state index is 0.0738. The molecule has 3 rings (SSSR count). The van der Waals surface area contributed by atoms with Crippen LogP contribution in [-0.2, 0) is 12.8 Å². The van der Waals surface area contributed by atoms with Crippen molar-refractivity contribution >= 4 is 11.8 Å². The summed E-state index contributed by atoms with van der Waals surface area (Å²) in [5.41, 5.74) is 4.09. The third-order valence-corrected chi connectivity index (χ3v) is 3.96. The van der Waals surface area contributed by atoms with Crippen LogP contribution in [0.25, 0.3) is 0 Å². The molecule has 1 amide bonds. The van der Waals surface area contributed by atoms with Gasteiger partial charge in [0.25, 0.3) is 0 Å². The van der Waals surface area contributed by atoms with E-state index in [1.807, 2.05) is 12.1 Å². The first-order chi connectivity index (χ1) is 8.72. The molecule has 1 aliphatic carbocycles. The van der Waals surface area contributed by atoms with Gasteiger partial charge in [-0.05, 0) is 42.4 Å². The molecule has 0 fully saturated rings. The maximum absolute atomic E-state index is 11.3. The minimum atomic E-state index is -0.888. The quantitative estimate of drug-likeness (QED) is 0.760. The second kappa shape index (κ2) is 4.02. The number of anilines is 1. The van der Waals surface area contributed by atoms with Gasteiger partial charge in [-0.15, -0.1) is 0 Å². The fraction of sp³-hybridized carbons (Fsp3) is 0.429. The predicted octanol–water partition coefficient (Wildman–Crippen LogP) is 2.67. The number of rotatable bonds is 0. The first-order valence-electron chi connectivity index (χ1n) is 6.27. The van der Waals surface area contributed by atoms with E-state index in [1.165, 1.54) is 4.90 Å². The molecule has 1 N–H and O–H groups in total. The maximum atomic E-state index is 11.3. The molecule has 0 saturated heterocycles. The SMILES string of the molecule is N#CC1CCCc2c1ccc1c2N(C(=O)O)CC1. The first-order valence-corrected chi connectivity index (χ1v) is 6.27. The Bertz CT molecular complexity index is 560. The summed E-state index contributed by atoms with van der Waals surface area (Å²) in [5, 5.41) is 18.4. The summed E-state index contributed by atoms with van der Waals surface area (Å²) in [4.78, 5) is 12.7. The summed E-state index contributed by atoms with van der Waals surface area (Å²) in [6, 6.07) is 6.34. The summed E-state index contributed by atoms with van der Waals surface area (Å²) < 4.78 is 0. The van der Waals surface area contributed by atoms with E-state index in [0.29, 0.717) is 6.54 Å². The topological polar surface area (TPSA) is 64.3 Å². The summed E-state index contributed by atoms with van der Waals surface area (Å²) in [6.07, 6.45) is 2.64. The van der Waals surface area contributed by atoms with Crippen LogP contribution in [0.4, 0.5) is 10.5 Å². The van der Waals surface area contributed by atoms with E-state index in [2.05, 4.69) is 6.07 Å². The summed E-state index contributed by atoms with van der Waals surface area (Å²) in [5.74, 6) is -0.0738. The molecule has 4 nitrogen and oxygen atoms in total. The van der Waals surface area contributed by atoms with Gasteiger partial charge in [0, 0.05) is 6.54 Å². The third-order valence-electron chi connectivity index (χ3n) is 3.96. The Kier molecular flexibility index (Phi) is 2.48. The molecule has 1 atom stereocenters. The molecule has 0 radical (unpaired) electrons. The average molecular weight is 242 g/mol. The Labute approximate surface area is 105 Å². The van der Waals surface area contributed by atoms with E-state index in [4.69, 9.17) is 0 Å². The fourth-order valence-electron chi connectivity index (χ4n) is 3.14. The molecule has 1 aliphatic heterocycles. The van der Waals surface area contributed by atoms with Crippen LogP contribution in [0.3, 0.4) is 0 Å². The maximum Gasteiger partial charge on any atom is 0.411 e. The lowest BCUT2D eigenvalue weighted by Gasteiger charge is -2.25. The zero-order chi connectivity index (χ0) is 12.7. The molecule has 0 aromatic heterocycles. The first kappa shape index (κ1) is 11.1. The number of carbonyl (C=O) groups is 1. The summed E-state index contributed by atoms with van der Waals surface area (Å²) >= 11 is 0. The number of amides is 1. The lowest BCUT2D eigenvalue weighted by atomic mass is 9.82. The number of hydrogen-bond donors (Lipinski definition) is 1. The Balaban J connectivity index is 2.17. The number of carboxylic acid groups (broad SMARTS) is 1. The molecule has 0 spiro atoms. The van der Waals surface area contributed by atoms with Crippen LogP contribution in [0.2, 0.25) is 0 Å². The van der Waals surface area contributed by atoms with E-state index in [0.717, 1.165) is 48.1 Å². The Morgan fingerprint density at radius 1 is 1.44 bits per heavy atom. The molecule has 1 aromatic rings. The average Bonchev–Trinajstić information content (AvgIpc) is 2.82. The van der Waals surface area contributed by atoms with Crippen molar-refractivity contribution in [1.29, 1.82) is 5.26 Å². The van der Waals surface area contributed by atoms with Crippen molar-refractivity contribution in [1.82, 2.24) is 0 Å². The standard InChI is InChI=1S/C14H14N2O2/c15-8-10-2-1-3-12-11(10)5-4-9-6-7-16(13(9)12)14(17)18/h4-5,10H,1-3,6-7H2,(H,17,18). The monoisotopic (exact) mass is 242 g/mol. The van der Waals surface area contributed by atoms with Crippen molar-refractivity contribution in [3.63, 3.8) is 0 Å². The van der Waals surface area contributed by atoms with Crippen LogP contribution in [0.5, 0.6) is 0 Å². The number of hydrogen-bond acceptors (Lipinski definition) is 2. The van der Waals surface area contributed by atoms with Crippen LogP contribution < -0.4 is 4.90 Å². The number of nitrogens with zero attached hydrogens (tertiary/aromatic N) is 2. The Morgan fingerprint density at radius 2 is 2.28 bits per heavy atom. The van der Waals surface area contributed by atoms with Gasteiger partial charge in [0.1, 0.15) is 0 Å². The van der Waals surface area contributed by atoms with Gasteiger partial charge in [-0.2, -0.15) is 5.26 Å². The predicted molar refractivity (Wildman–Crippen MR) is 66.8 cm³/mol. The molecule has 4 heteroatoms. The van der Waals surface area contributed by atoms with E-state index in [-0.39, 0.29) is 5.92 Å². The molecule has 2 aliphatic rings. The molecule has 0 saturated carbocycles. The van der Waals surface area contributed by atoms with Crippen molar-refractivity contribution in [2.45, 2.75) is 31.6 Å². The number of nitriles is 1. The van der Waals surface area contributed by atoms with Crippen LogP contribution in [-0.4, -0.2) is 17.7 Å². The molecule has 1 unspecified atom stereocenters. The fourth-order valence-corrected chi connectivity index (χ4v) is 3.14. The number of benzene rings is 1. The smallest absolute Gasteiger partial charge is 0.411 e. The van der Waals surface area contributed by atoms with E-state index in [1.54, 1.807) is 0 Å². The zero-order valence-electron chi connectivity index (χ0n) is 10.0. The van der Waals surface area contributed by atoms with E-state index < -0.39 is 6.09 Å². The zero-order valence-corrected chi connectivity index (χ0v) is 10.0. The van der Waals surface area contributed by atoms with Gasteiger partial charge < -0.3 is 5.11 Å². The van der Waals surface area contributed by atoms with Gasteiger partial charge in [0.15, 0.2) is 0 Å². The Hall–Kier alpha value is -2.02. The second-order valence-electron chi connectivity index (χ2n) is 4.90. The van der Waals surface area contributed by atoms with E-state index in [9.17, 15) is 15.2 Å². The normalized spacial score (nSPS) is 21.1. The highest BCUT2D eigenvalue weighted by molar-refractivity contribution is 5.90. The molecular weight excluding hydrogens is 228 g/mol. The largest absolute Gasteiger partial charge is 0.465 e. The van der Waals surface area contributed by atoms with Crippen LogP contribution >= 0.6 is 0 Å². The highest BCUT2D eigenvalue weighted by Gasteiger charge is 2.31. The van der Waals surface area contributed by atoms with Crippen molar-refractivity contribution in [3.05, 3.63) is 28.8 Å². The molecule has 92 valence electrons. The summed E-state index contributed by atoms with van der Waals surface area (Å²) in [6.45, 7) is 0.540. The van der Waals surface area contributed by atoms with Crippen molar-refractivity contribution in [3.8, 4) is 6.07 Å². The molecule has 1 aromatic carbocycles. The molecule has 1 heterocycles. The molecule has 0 bridgehead atoms. The van der Waals surface area contributed by atoms with Gasteiger partial charge in [0.05, 0.1) is 17.7 Å². The van der Waals surface area contributed by atoms with Crippen molar-refractivity contribution in [2.24, 2.45) is 0 Å². The Morgan fingerprint density at radius 3 is 3.00 bits per heavy atom. The van der Waals surface area contributed by atoms with Crippen LogP contribution in [0.1, 0.15) is 35.4 Å². The van der Waals surface area contributed by atoms with E-state index >= 15 is 0 Å². The highest BCUT2D eigenvalue weighted by atomic mass is 16.4. The lowest BCUT2D eigenvalue weighted by molar-refractivity contribution is 0.202. The van der Waals surface area contributed by atoms with Gasteiger partial charge in [-0.3, -0.25) is 4.90 Å². The van der Waals surface area contributed by atoms with Crippen molar-refractivity contribution in [2.75, 3.05) is 11.4 Å².